The second-order valence-corrected chi connectivity index (χ2v) is 5.22. The van der Waals surface area contributed by atoms with Crippen LogP contribution < -0.4 is 10.1 Å². The molecular formula is C16H22FN3O. The third-order valence-corrected chi connectivity index (χ3v) is 3.21. The summed E-state index contributed by atoms with van der Waals surface area (Å²) in [6.07, 6.45) is 3.61. The number of nitrogens with one attached hydrogen (secondary N) is 1. The van der Waals surface area contributed by atoms with E-state index in [0.717, 1.165) is 17.9 Å². The van der Waals surface area contributed by atoms with Gasteiger partial charge in [-0.3, -0.25) is 0 Å². The molecule has 2 rings (SSSR count). The molecule has 0 aliphatic heterocycles. The Labute approximate surface area is 125 Å². The van der Waals surface area contributed by atoms with Gasteiger partial charge in [-0.05, 0) is 24.6 Å². The maximum absolute atomic E-state index is 14.0. The van der Waals surface area contributed by atoms with Crippen LogP contribution >= 0.6 is 0 Å². The largest absolute Gasteiger partial charge is 0.483 e. The van der Waals surface area contributed by atoms with E-state index < -0.39 is 0 Å². The predicted molar refractivity (Wildman–Crippen MR) is 80.6 cm³/mol. The fraction of sp³-hybridized carbons (Fsp3) is 0.438. The van der Waals surface area contributed by atoms with Crippen LogP contribution in [0.5, 0.6) is 5.75 Å². The minimum atomic E-state index is -0.340. The molecule has 1 aromatic carbocycles. The normalized spacial score (nSPS) is 11.1. The van der Waals surface area contributed by atoms with E-state index in [1.807, 2.05) is 23.8 Å². The predicted octanol–water partition coefficient (Wildman–Crippen LogP) is 3.12. The minimum absolute atomic E-state index is 0.258. The van der Waals surface area contributed by atoms with Gasteiger partial charge in [0.15, 0.2) is 11.6 Å². The summed E-state index contributed by atoms with van der Waals surface area (Å²) in [5.74, 6) is 0.712. The Balaban J connectivity index is 1.97. The maximum Gasteiger partial charge on any atom is 0.165 e. The lowest BCUT2D eigenvalue weighted by Crippen LogP contribution is -2.21. The molecular weight excluding hydrogens is 269 g/mol. The molecule has 1 N–H and O–H groups in total. The number of nitrogens with zero attached hydrogens (tertiary/aromatic N) is 2. The van der Waals surface area contributed by atoms with Crippen LogP contribution in [-0.2, 0) is 19.7 Å². The van der Waals surface area contributed by atoms with Crippen molar-refractivity contribution in [2.24, 2.45) is 0 Å². The van der Waals surface area contributed by atoms with Crippen LogP contribution in [0.3, 0.4) is 0 Å². The van der Waals surface area contributed by atoms with Gasteiger partial charge in [0, 0.05) is 31.5 Å². The van der Waals surface area contributed by atoms with Gasteiger partial charge in [0.1, 0.15) is 12.4 Å². The molecule has 5 heteroatoms. The first-order chi connectivity index (χ1) is 10.1. The molecule has 0 spiro atoms. The van der Waals surface area contributed by atoms with E-state index in [-0.39, 0.29) is 18.2 Å². The van der Waals surface area contributed by atoms with Crippen molar-refractivity contribution < 1.29 is 9.13 Å². The van der Waals surface area contributed by atoms with Gasteiger partial charge in [-0.2, -0.15) is 0 Å². The first-order valence-corrected chi connectivity index (χ1v) is 7.24. The van der Waals surface area contributed by atoms with Gasteiger partial charge in [0.05, 0.1) is 0 Å². The van der Waals surface area contributed by atoms with Gasteiger partial charge in [-0.15, -0.1) is 0 Å². The first kappa shape index (κ1) is 15.5. The van der Waals surface area contributed by atoms with Gasteiger partial charge in [0.2, 0.25) is 0 Å². The zero-order valence-corrected chi connectivity index (χ0v) is 12.8. The Bertz CT molecular complexity index is 581. The molecule has 0 aliphatic carbocycles. The molecule has 21 heavy (non-hydrogen) atoms. The Morgan fingerprint density at radius 2 is 2.19 bits per heavy atom. The smallest absolute Gasteiger partial charge is 0.165 e. The Kier molecular flexibility index (Phi) is 5.33. The number of halogens is 1. The Morgan fingerprint density at radius 3 is 2.86 bits per heavy atom. The van der Waals surface area contributed by atoms with E-state index in [1.165, 1.54) is 6.07 Å². The fourth-order valence-electron chi connectivity index (χ4n) is 2.00. The van der Waals surface area contributed by atoms with E-state index >= 15 is 0 Å². The van der Waals surface area contributed by atoms with Crippen LogP contribution in [-0.4, -0.2) is 15.6 Å². The lowest BCUT2D eigenvalue weighted by Gasteiger charge is -2.11. The number of benzene rings is 1. The summed E-state index contributed by atoms with van der Waals surface area (Å²) in [7, 11) is 0. The van der Waals surface area contributed by atoms with Gasteiger partial charge >= 0.3 is 0 Å². The SMILES string of the molecule is CCn1ccnc1COc1ccc(CNC(C)C)cc1F. The molecule has 4 nitrogen and oxygen atoms in total. The fourth-order valence-corrected chi connectivity index (χ4v) is 2.00. The van der Waals surface area contributed by atoms with Crippen molar-refractivity contribution >= 4 is 0 Å². The molecule has 0 radical (unpaired) electrons. The molecule has 114 valence electrons. The number of aryl methyl sites for hydroxylation is 1. The van der Waals surface area contributed by atoms with E-state index in [4.69, 9.17) is 4.74 Å². The van der Waals surface area contributed by atoms with E-state index in [1.54, 1.807) is 12.3 Å². The molecule has 0 unspecified atom stereocenters. The number of hydrogen-bond acceptors (Lipinski definition) is 3. The lowest BCUT2D eigenvalue weighted by molar-refractivity contribution is 0.275. The first-order valence-electron chi connectivity index (χ1n) is 7.24. The molecule has 1 heterocycles. The molecule has 1 aromatic heterocycles. The van der Waals surface area contributed by atoms with Gasteiger partial charge in [-0.25, -0.2) is 9.37 Å². The highest BCUT2D eigenvalue weighted by molar-refractivity contribution is 5.29. The highest BCUT2D eigenvalue weighted by Gasteiger charge is 2.08. The summed E-state index contributed by atoms with van der Waals surface area (Å²) < 4.78 is 21.5. The number of rotatable bonds is 7. The number of ether oxygens (including phenoxy) is 1. The summed E-state index contributed by atoms with van der Waals surface area (Å²) in [4.78, 5) is 4.20. The van der Waals surface area contributed by atoms with Crippen molar-refractivity contribution in [1.29, 1.82) is 0 Å². The zero-order chi connectivity index (χ0) is 15.2. The third-order valence-electron chi connectivity index (χ3n) is 3.21. The average molecular weight is 291 g/mol. The molecule has 0 aliphatic rings. The minimum Gasteiger partial charge on any atom is -0.483 e. The van der Waals surface area contributed by atoms with Crippen LogP contribution in [0, 0.1) is 5.82 Å². The van der Waals surface area contributed by atoms with Crippen molar-refractivity contribution in [1.82, 2.24) is 14.9 Å². The maximum atomic E-state index is 14.0. The summed E-state index contributed by atoms with van der Waals surface area (Å²) >= 11 is 0. The summed E-state index contributed by atoms with van der Waals surface area (Å²) in [6.45, 7) is 7.88. The molecule has 2 aromatic rings. The van der Waals surface area contributed by atoms with E-state index in [9.17, 15) is 4.39 Å². The zero-order valence-electron chi connectivity index (χ0n) is 12.8. The lowest BCUT2D eigenvalue weighted by atomic mass is 10.2. The summed E-state index contributed by atoms with van der Waals surface area (Å²) in [6, 6.07) is 5.43. The number of imidazole rings is 1. The topological polar surface area (TPSA) is 39.1 Å². The molecule has 0 bridgehead atoms. The van der Waals surface area contributed by atoms with Gasteiger partial charge < -0.3 is 14.6 Å². The Hall–Kier alpha value is -1.88. The van der Waals surface area contributed by atoms with Crippen molar-refractivity contribution in [3.05, 3.63) is 47.8 Å². The molecule has 0 saturated heterocycles. The number of aromatic nitrogens is 2. The van der Waals surface area contributed by atoms with Crippen molar-refractivity contribution in [3.63, 3.8) is 0 Å². The van der Waals surface area contributed by atoms with Crippen molar-refractivity contribution in [2.75, 3.05) is 0 Å². The van der Waals surface area contributed by atoms with Crippen LogP contribution in [0.25, 0.3) is 0 Å². The average Bonchev–Trinajstić information content (AvgIpc) is 2.91. The van der Waals surface area contributed by atoms with E-state index in [2.05, 4.69) is 24.1 Å². The Morgan fingerprint density at radius 1 is 1.38 bits per heavy atom. The highest BCUT2D eigenvalue weighted by Crippen LogP contribution is 2.19. The van der Waals surface area contributed by atoms with Gasteiger partial charge in [-0.1, -0.05) is 19.9 Å². The molecule has 0 fully saturated rings. The van der Waals surface area contributed by atoms with Gasteiger partial charge in [0.25, 0.3) is 0 Å². The quantitative estimate of drug-likeness (QED) is 0.852. The number of hydrogen-bond donors (Lipinski definition) is 1. The van der Waals surface area contributed by atoms with E-state index in [0.29, 0.717) is 12.6 Å². The summed E-state index contributed by atoms with van der Waals surface area (Å²) in [5, 5.41) is 3.26. The van der Waals surface area contributed by atoms with Crippen LogP contribution in [0.15, 0.2) is 30.6 Å². The second kappa shape index (κ2) is 7.22. The molecule has 0 atom stereocenters. The van der Waals surface area contributed by atoms with Crippen molar-refractivity contribution in [2.45, 2.75) is 46.5 Å². The molecule has 0 saturated carbocycles. The van der Waals surface area contributed by atoms with Crippen LogP contribution in [0.1, 0.15) is 32.2 Å². The van der Waals surface area contributed by atoms with Crippen LogP contribution in [0.4, 0.5) is 4.39 Å². The van der Waals surface area contributed by atoms with Crippen molar-refractivity contribution in [3.8, 4) is 5.75 Å². The van der Waals surface area contributed by atoms with Crippen LogP contribution in [0.2, 0.25) is 0 Å². The standard InChI is InChI=1S/C16H22FN3O/c1-4-20-8-7-18-16(20)11-21-15-6-5-13(9-14(15)17)10-19-12(2)3/h5-9,12,19H,4,10-11H2,1-3H3. The third kappa shape index (κ3) is 4.29. The second-order valence-electron chi connectivity index (χ2n) is 5.22. The highest BCUT2D eigenvalue weighted by atomic mass is 19.1. The summed E-state index contributed by atoms with van der Waals surface area (Å²) in [5.41, 5.74) is 0.906. The molecule has 0 amide bonds. The monoisotopic (exact) mass is 291 g/mol.